The Kier molecular flexibility index (Phi) is 4.58. The molecule has 0 spiro atoms. The summed E-state index contributed by atoms with van der Waals surface area (Å²) in [6.45, 7) is 9.64. The van der Waals surface area contributed by atoms with Crippen LogP contribution in [0.3, 0.4) is 0 Å². The Morgan fingerprint density at radius 1 is 1.24 bits per heavy atom. The first-order valence-corrected chi connectivity index (χ1v) is 6.33. The molecule has 0 aliphatic rings. The van der Waals surface area contributed by atoms with Crippen molar-refractivity contribution in [2.45, 2.75) is 40.2 Å². The van der Waals surface area contributed by atoms with Crippen LogP contribution in [0.15, 0.2) is 24.3 Å². The number of benzene rings is 1. The standard InChI is InChI=1S/C15H26N2/c1-12-8-6-7-9-14(12)17(5)13(11-16)10-15(2,3)4/h6-9,13H,10-11,16H2,1-5H3. The van der Waals surface area contributed by atoms with E-state index in [1.807, 2.05) is 0 Å². The van der Waals surface area contributed by atoms with Crippen LogP contribution in [-0.2, 0) is 0 Å². The summed E-state index contributed by atoms with van der Waals surface area (Å²) in [4.78, 5) is 2.32. The summed E-state index contributed by atoms with van der Waals surface area (Å²) in [5.74, 6) is 0. The lowest BCUT2D eigenvalue weighted by Gasteiger charge is -2.34. The zero-order chi connectivity index (χ0) is 13.1. The van der Waals surface area contributed by atoms with Crippen LogP contribution in [0.2, 0.25) is 0 Å². The quantitative estimate of drug-likeness (QED) is 0.867. The maximum absolute atomic E-state index is 5.93. The van der Waals surface area contributed by atoms with Gasteiger partial charge in [-0.3, -0.25) is 0 Å². The van der Waals surface area contributed by atoms with Gasteiger partial charge in [0.1, 0.15) is 0 Å². The van der Waals surface area contributed by atoms with Gasteiger partial charge in [0, 0.05) is 25.3 Å². The second-order valence-electron chi connectivity index (χ2n) is 6.05. The zero-order valence-electron chi connectivity index (χ0n) is 11.8. The van der Waals surface area contributed by atoms with Gasteiger partial charge >= 0.3 is 0 Å². The van der Waals surface area contributed by atoms with Crippen LogP contribution in [0.4, 0.5) is 5.69 Å². The van der Waals surface area contributed by atoms with Crippen molar-refractivity contribution in [1.29, 1.82) is 0 Å². The fraction of sp³-hybridized carbons (Fsp3) is 0.600. The van der Waals surface area contributed by atoms with Crippen molar-refractivity contribution in [3.8, 4) is 0 Å². The Labute approximate surface area is 106 Å². The molecule has 96 valence electrons. The molecule has 0 bridgehead atoms. The predicted octanol–water partition coefficient (Wildman–Crippen LogP) is 3.19. The van der Waals surface area contributed by atoms with Crippen molar-refractivity contribution in [2.24, 2.45) is 11.1 Å². The monoisotopic (exact) mass is 234 g/mol. The third-order valence-electron chi connectivity index (χ3n) is 3.16. The minimum atomic E-state index is 0.307. The van der Waals surface area contributed by atoms with Gasteiger partial charge in [-0.25, -0.2) is 0 Å². The molecular weight excluding hydrogens is 208 g/mol. The molecule has 0 saturated carbocycles. The topological polar surface area (TPSA) is 29.3 Å². The van der Waals surface area contributed by atoms with E-state index in [1.54, 1.807) is 0 Å². The Bertz CT molecular complexity index is 352. The summed E-state index contributed by atoms with van der Waals surface area (Å²) >= 11 is 0. The number of rotatable bonds is 4. The van der Waals surface area contributed by atoms with Crippen LogP contribution >= 0.6 is 0 Å². The van der Waals surface area contributed by atoms with Gasteiger partial charge in [0.2, 0.25) is 0 Å². The van der Waals surface area contributed by atoms with E-state index < -0.39 is 0 Å². The Hall–Kier alpha value is -1.02. The first-order chi connectivity index (χ1) is 7.85. The number of aryl methyl sites for hydroxylation is 1. The van der Waals surface area contributed by atoms with E-state index >= 15 is 0 Å². The smallest absolute Gasteiger partial charge is 0.0414 e. The molecule has 0 heterocycles. The Balaban J connectivity index is 2.87. The number of hydrogen-bond donors (Lipinski definition) is 1. The van der Waals surface area contributed by atoms with E-state index in [2.05, 4.69) is 63.9 Å². The number of likely N-dealkylation sites (N-methyl/N-ethyl adjacent to an activating group) is 1. The summed E-state index contributed by atoms with van der Waals surface area (Å²) in [6, 6.07) is 8.88. The summed E-state index contributed by atoms with van der Waals surface area (Å²) in [6.07, 6.45) is 1.11. The molecular formula is C15H26N2. The molecule has 0 saturated heterocycles. The highest BCUT2D eigenvalue weighted by atomic mass is 15.1. The van der Waals surface area contributed by atoms with Gasteiger partial charge in [0.15, 0.2) is 0 Å². The predicted molar refractivity (Wildman–Crippen MR) is 76.5 cm³/mol. The average Bonchev–Trinajstić information content (AvgIpc) is 2.24. The van der Waals surface area contributed by atoms with Gasteiger partial charge in [-0.1, -0.05) is 39.0 Å². The first-order valence-electron chi connectivity index (χ1n) is 6.33. The van der Waals surface area contributed by atoms with Crippen molar-refractivity contribution in [3.05, 3.63) is 29.8 Å². The maximum Gasteiger partial charge on any atom is 0.0414 e. The van der Waals surface area contributed by atoms with Crippen molar-refractivity contribution >= 4 is 5.69 Å². The lowest BCUT2D eigenvalue weighted by atomic mass is 9.87. The number of nitrogens with zero attached hydrogens (tertiary/aromatic N) is 1. The zero-order valence-corrected chi connectivity index (χ0v) is 11.8. The molecule has 2 heteroatoms. The van der Waals surface area contributed by atoms with E-state index in [9.17, 15) is 0 Å². The van der Waals surface area contributed by atoms with E-state index in [0.29, 0.717) is 18.0 Å². The molecule has 0 amide bonds. The SMILES string of the molecule is Cc1ccccc1N(C)C(CN)CC(C)(C)C. The van der Waals surface area contributed by atoms with Crippen molar-refractivity contribution in [1.82, 2.24) is 0 Å². The van der Waals surface area contributed by atoms with E-state index in [1.165, 1.54) is 11.3 Å². The molecule has 0 aliphatic heterocycles. The van der Waals surface area contributed by atoms with Crippen LogP contribution in [0.5, 0.6) is 0 Å². The highest BCUT2D eigenvalue weighted by molar-refractivity contribution is 5.53. The highest BCUT2D eigenvalue weighted by Gasteiger charge is 2.21. The normalized spacial score (nSPS) is 13.5. The second kappa shape index (κ2) is 5.54. The molecule has 1 aromatic rings. The number of anilines is 1. The molecule has 1 rings (SSSR count). The van der Waals surface area contributed by atoms with E-state index in [4.69, 9.17) is 5.73 Å². The van der Waals surface area contributed by atoms with Gasteiger partial charge in [0.25, 0.3) is 0 Å². The molecule has 0 radical (unpaired) electrons. The number of para-hydroxylation sites is 1. The fourth-order valence-electron chi connectivity index (χ4n) is 2.24. The molecule has 1 unspecified atom stereocenters. The molecule has 17 heavy (non-hydrogen) atoms. The molecule has 1 aromatic carbocycles. The summed E-state index contributed by atoms with van der Waals surface area (Å²) in [5.41, 5.74) is 8.83. The number of nitrogens with two attached hydrogens (primary N) is 1. The molecule has 0 fully saturated rings. The van der Waals surface area contributed by atoms with Crippen molar-refractivity contribution in [2.75, 3.05) is 18.5 Å². The maximum atomic E-state index is 5.93. The van der Waals surface area contributed by atoms with Crippen LogP contribution < -0.4 is 10.6 Å². The van der Waals surface area contributed by atoms with Gasteiger partial charge in [-0.2, -0.15) is 0 Å². The average molecular weight is 234 g/mol. The summed E-state index contributed by atoms with van der Waals surface area (Å²) in [7, 11) is 2.14. The van der Waals surface area contributed by atoms with Crippen LogP contribution in [0.25, 0.3) is 0 Å². The third-order valence-corrected chi connectivity index (χ3v) is 3.16. The van der Waals surface area contributed by atoms with Gasteiger partial charge in [-0.15, -0.1) is 0 Å². The van der Waals surface area contributed by atoms with Crippen LogP contribution in [-0.4, -0.2) is 19.6 Å². The van der Waals surface area contributed by atoms with Gasteiger partial charge in [0.05, 0.1) is 0 Å². The van der Waals surface area contributed by atoms with Gasteiger partial charge < -0.3 is 10.6 Å². The van der Waals surface area contributed by atoms with E-state index in [-0.39, 0.29) is 0 Å². The minimum absolute atomic E-state index is 0.307. The van der Waals surface area contributed by atoms with Crippen molar-refractivity contribution < 1.29 is 0 Å². The minimum Gasteiger partial charge on any atom is -0.370 e. The van der Waals surface area contributed by atoms with Crippen LogP contribution in [0.1, 0.15) is 32.8 Å². The summed E-state index contributed by atoms with van der Waals surface area (Å²) < 4.78 is 0. The Morgan fingerprint density at radius 3 is 2.29 bits per heavy atom. The molecule has 0 aliphatic carbocycles. The largest absolute Gasteiger partial charge is 0.370 e. The molecule has 2 N–H and O–H groups in total. The Morgan fingerprint density at radius 2 is 1.82 bits per heavy atom. The number of hydrogen-bond acceptors (Lipinski definition) is 2. The molecule has 0 aromatic heterocycles. The summed E-state index contributed by atoms with van der Waals surface area (Å²) in [5, 5.41) is 0. The lowest BCUT2D eigenvalue weighted by Crippen LogP contribution is -2.40. The molecule has 2 nitrogen and oxygen atoms in total. The van der Waals surface area contributed by atoms with Crippen molar-refractivity contribution in [3.63, 3.8) is 0 Å². The second-order valence-corrected chi connectivity index (χ2v) is 6.05. The molecule has 1 atom stereocenters. The third kappa shape index (κ3) is 4.04. The fourth-order valence-corrected chi connectivity index (χ4v) is 2.24. The lowest BCUT2D eigenvalue weighted by molar-refractivity contribution is 0.336. The van der Waals surface area contributed by atoms with E-state index in [0.717, 1.165) is 6.42 Å². The van der Waals surface area contributed by atoms with Gasteiger partial charge in [-0.05, 0) is 30.4 Å². The first kappa shape index (κ1) is 14.0. The van der Waals surface area contributed by atoms with Crippen LogP contribution in [0, 0.1) is 12.3 Å². The highest BCUT2D eigenvalue weighted by Crippen LogP contribution is 2.27.